The molecule has 11 heteroatoms. The van der Waals surface area contributed by atoms with Crippen LogP contribution in [0.3, 0.4) is 0 Å². The molecule has 4 atom stereocenters. The fourth-order valence-electron chi connectivity index (χ4n) is 4.33. The first-order chi connectivity index (χ1) is 19.5. The zero-order valence-corrected chi connectivity index (χ0v) is 21.5. The Morgan fingerprint density at radius 2 is 1.25 bits per heavy atom. The summed E-state index contributed by atoms with van der Waals surface area (Å²) in [6.07, 6.45) is -4.33. The van der Waals surface area contributed by atoms with Crippen molar-refractivity contribution in [3.63, 3.8) is 0 Å². The second kappa shape index (κ2) is 12.3. The average Bonchev–Trinajstić information content (AvgIpc) is 3.61. The number of ether oxygens (including phenoxy) is 4. The number of benzene rings is 3. The second-order valence-corrected chi connectivity index (χ2v) is 8.88. The lowest BCUT2D eigenvalue weighted by Gasteiger charge is -2.24. The topological polar surface area (TPSA) is 132 Å². The number of esters is 3. The minimum atomic E-state index is -1.16. The van der Waals surface area contributed by atoms with E-state index in [1.165, 1.54) is 4.68 Å². The van der Waals surface area contributed by atoms with Gasteiger partial charge in [0.15, 0.2) is 24.1 Å². The Balaban J connectivity index is 1.47. The first-order valence-electron chi connectivity index (χ1n) is 12.7. The number of rotatable bonds is 9. The predicted octanol–water partition coefficient (Wildman–Crippen LogP) is 3.44. The van der Waals surface area contributed by atoms with Crippen LogP contribution in [-0.4, -0.2) is 63.0 Å². The maximum absolute atomic E-state index is 13.2. The summed E-state index contributed by atoms with van der Waals surface area (Å²) in [5, 5.41) is 11.8. The summed E-state index contributed by atoms with van der Waals surface area (Å²) in [6.45, 7) is 1.96. The molecule has 0 bridgehead atoms. The van der Waals surface area contributed by atoms with Crippen molar-refractivity contribution in [2.75, 3.05) is 6.61 Å². The number of hydrogen-bond acceptors (Lipinski definition) is 10. The molecule has 1 aliphatic heterocycles. The zero-order valence-electron chi connectivity index (χ0n) is 21.5. The van der Waals surface area contributed by atoms with E-state index in [0.29, 0.717) is 17.7 Å². The smallest absolute Gasteiger partial charge is 0.338 e. The van der Waals surface area contributed by atoms with Gasteiger partial charge in [-0.15, -0.1) is 5.10 Å². The van der Waals surface area contributed by atoms with E-state index < -0.39 is 42.3 Å². The van der Waals surface area contributed by atoms with E-state index in [-0.39, 0.29) is 18.0 Å². The molecule has 0 saturated carbocycles. The van der Waals surface area contributed by atoms with Gasteiger partial charge in [-0.3, -0.25) is 0 Å². The summed E-state index contributed by atoms with van der Waals surface area (Å²) in [4.78, 5) is 39.0. The highest BCUT2D eigenvalue weighted by Gasteiger charge is 2.52. The van der Waals surface area contributed by atoms with E-state index in [1.807, 2.05) is 6.92 Å². The number of aryl methyl sites for hydroxylation is 1. The van der Waals surface area contributed by atoms with E-state index >= 15 is 0 Å². The molecule has 0 aliphatic carbocycles. The Morgan fingerprint density at radius 3 is 1.77 bits per heavy atom. The van der Waals surface area contributed by atoms with Crippen molar-refractivity contribution in [1.82, 2.24) is 20.2 Å². The van der Waals surface area contributed by atoms with Crippen LogP contribution in [0.4, 0.5) is 0 Å². The van der Waals surface area contributed by atoms with Crippen LogP contribution >= 0.6 is 0 Å². The Morgan fingerprint density at radius 1 is 0.750 bits per heavy atom. The first kappa shape index (κ1) is 26.7. The van der Waals surface area contributed by atoms with Crippen LogP contribution < -0.4 is 0 Å². The molecule has 0 unspecified atom stereocenters. The molecule has 5 rings (SSSR count). The van der Waals surface area contributed by atoms with Gasteiger partial charge in [0.2, 0.25) is 0 Å². The summed E-state index contributed by atoms with van der Waals surface area (Å²) >= 11 is 0. The number of carbonyl (C=O) groups excluding carboxylic acids is 3. The third kappa shape index (κ3) is 5.89. The molecule has 1 saturated heterocycles. The lowest BCUT2D eigenvalue weighted by atomic mass is 10.1. The van der Waals surface area contributed by atoms with Crippen LogP contribution in [-0.2, 0) is 25.5 Å². The molecule has 0 N–H and O–H groups in total. The number of tetrazole rings is 1. The Kier molecular flexibility index (Phi) is 8.21. The fraction of sp³-hybridized carbons (Fsp3) is 0.241. The van der Waals surface area contributed by atoms with Crippen LogP contribution in [0, 0.1) is 0 Å². The molecule has 2 heterocycles. The second-order valence-electron chi connectivity index (χ2n) is 8.88. The quantitative estimate of drug-likeness (QED) is 0.229. The Labute approximate surface area is 229 Å². The van der Waals surface area contributed by atoms with Gasteiger partial charge in [0.1, 0.15) is 12.7 Å². The maximum atomic E-state index is 13.2. The normalized spacial score (nSPS) is 20.0. The van der Waals surface area contributed by atoms with Gasteiger partial charge in [-0.1, -0.05) is 54.6 Å². The minimum absolute atomic E-state index is 0.269. The Hall–Kier alpha value is -4.90. The molecule has 204 valence electrons. The van der Waals surface area contributed by atoms with Gasteiger partial charge in [0, 0.05) is 6.54 Å². The largest absolute Gasteiger partial charge is 0.459 e. The monoisotopic (exact) mass is 542 g/mol. The van der Waals surface area contributed by atoms with E-state index in [4.69, 9.17) is 18.9 Å². The first-order valence-corrected chi connectivity index (χ1v) is 12.7. The summed E-state index contributed by atoms with van der Waals surface area (Å²) in [5.41, 5.74) is 0.929. The highest BCUT2D eigenvalue weighted by molar-refractivity contribution is 5.91. The van der Waals surface area contributed by atoms with Gasteiger partial charge in [0.25, 0.3) is 0 Å². The molecular formula is C29H26N4O7. The van der Waals surface area contributed by atoms with Gasteiger partial charge in [-0.25, -0.2) is 19.1 Å². The van der Waals surface area contributed by atoms with Crippen molar-refractivity contribution in [3.8, 4) is 0 Å². The molecule has 1 aliphatic rings. The third-order valence-corrected chi connectivity index (χ3v) is 6.32. The molecule has 0 radical (unpaired) electrons. The van der Waals surface area contributed by atoms with Crippen LogP contribution in [0.5, 0.6) is 0 Å². The van der Waals surface area contributed by atoms with Gasteiger partial charge in [-0.05, 0) is 53.7 Å². The SMILES string of the molecule is CCn1nnnc1[C@@H]1O[C@H](COC(=O)c2ccccc2)[C@@H](OC(=O)c2ccccc2)[C@H]1OC(=O)c1ccccc1. The van der Waals surface area contributed by atoms with Crippen molar-refractivity contribution in [2.45, 2.75) is 37.9 Å². The van der Waals surface area contributed by atoms with E-state index in [1.54, 1.807) is 91.0 Å². The van der Waals surface area contributed by atoms with Gasteiger partial charge < -0.3 is 18.9 Å². The molecular weight excluding hydrogens is 516 g/mol. The van der Waals surface area contributed by atoms with Crippen molar-refractivity contribution in [1.29, 1.82) is 0 Å². The summed E-state index contributed by atoms with van der Waals surface area (Å²) in [6, 6.07) is 25.2. The van der Waals surface area contributed by atoms with E-state index in [0.717, 1.165) is 0 Å². The summed E-state index contributed by atoms with van der Waals surface area (Å²) < 4.78 is 25.1. The number of aromatic nitrogens is 4. The molecule has 11 nitrogen and oxygen atoms in total. The number of hydrogen-bond donors (Lipinski definition) is 0. The average molecular weight is 543 g/mol. The Bertz CT molecular complexity index is 1450. The predicted molar refractivity (Wildman–Crippen MR) is 139 cm³/mol. The van der Waals surface area contributed by atoms with Crippen molar-refractivity contribution in [3.05, 3.63) is 114 Å². The van der Waals surface area contributed by atoms with E-state index in [2.05, 4.69) is 15.5 Å². The highest BCUT2D eigenvalue weighted by atomic mass is 16.7. The van der Waals surface area contributed by atoms with Gasteiger partial charge >= 0.3 is 17.9 Å². The molecule has 0 spiro atoms. The highest BCUT2D eigenvalue weighted by Crippen LogP contribution is 2.37. The minimum Gasteiger partial charge on any atom is -0.459 e. The number of nitrogens with zero attached hydrogens (tertiary/aromatic N) is 4. The lowest BCUT2D eigenvalue weighted by Crippen LogP contribution is -2.41. The zero-order chi connectivity index (χ0) is 27.9. The maximum Gasteiger partial charge on any atom is 0.338 e. The van der Waals surface area contributed by atoms with Crippen molar-refractivity contribution in [2.24, 2.45) is 0 Å². The van der Waals surface area contributed by atoms with Crippen LogP contribution in [0.25, 0.3) is 0 Å². The lowest BCUT2D eigenvalue weighted by molar-refractivity contribution is -0.0457. The molecule has 3 aromatic carbocycles. The van der Waals surface area contributed by atoms with Gasteiger partial charge in [-0.2, -0.15) is 0 Å². The molecule has 1 aromatic heterocycles. The van der Waals surface area contributed by atoms with Crippen LogP contribution in [0.1, 0.15) is 49.9 Å². The molecule has 4 aromatic rings. The van der Waals surface area contributed by atoms with Crippen LogP contribution in [0.15, 0.2) is 91.0 Å². The van der Waals surface area contributed by atoms with E-state index in [9.17, 15) is 14.4 Å². The fourth-order valence-corrected chi connectivity index (χ4v) is 4.33. The van der Waals surface area contributed by atoms with Crippen molar-refractivity contribution >= 4 is 17.9 Å². The number of carbonyl (C=O) groups is 3. The molecule has 1 fully saturated rings. The molecule has 40 heavy (non-hydrogen) atoms. The molecule has 0 amide bonds. The third-order valence-electron chi connectivity index (χ3n) is 6.32. The van der Waals surface area contributed by atoms with Crippen molar-refractivity contribution < 1.29 is 33.3 Å². The standard InChI is InChI=1S/C29H26N4O7/c1-2-33-26(30-31-32-33)25-24(40-29(36)21-16-10-5-11-17-21)23(39-28(35)20-14-8-4-9-15-20)22(38-25)18-37-27(34)19-12-6-3-7-13-19/h3-17,22-25H,2,18H2,1H3/t22-,23-,24-,25-/m1/s1. The van der Waals surface area contributed by atoms with Crippen LogP contribution in [0.2, 0.25) is 0 Å². The summed E-state index contributed by atoms with van der Waals surface area (Å²) in [7, 11) is 0. The summed E-state index contributed by atoms with van der Waals surface area (Å²) in [5.74, 6) is -1.63. The van der Waals surface area contributed by atoms with Gasteiger partial charge in [0.05, 0.1) is 16.7 Å².